The maximum absolute atomic E-state index is 13.1. The lowest BCUT2D eigenvalue weighted by Crippen LogP contribution is -2.45. The van der Waals surface area contributed by atoms with Crippen molar-refractivity contribution in [2.45, 2.75) is 39.9 Å². The summed E-state index contributed by atoms with van der Waals surface area (Å²) < 4.78 is 2.00. The van der Waals surface area contributed by atoms with Crippen LogP contribution in [-0.2, 0) is 13.1 Å². The van der Waals surface area contributed by atoms with Crippen LogP contribution < -0.4 is 0 Å². The van der Waals surface area contributed by atoms with Crippen LogP contribution in [0.5, 0.6) is 0 Å². The minimum Gasteiger partial charge on any atom is -0.341 e. The molecule has 4 heterocycles. The largest absolute Gasteiger partial charge is 0.341 e. The van der Waals surface area contributed by atoms with E-state index in [-0.39, 0.29) is 17.2 Å². The van der Waals surface area contributed by atoms with Gasteiger partial charge in [0.05, 0.1) is 17.9 Å². The minimum atomic E-state index is 0.00103. The highest BCUT2D eigenvalue weighted by Gasteiger charge is 2.31. The Morgan fingerprint density at radius 1 is 1.26 bits per heavy atom. The van der Waals surface area contributed by atoms with Crippen molar-refractivity contribution in [1.29, 1.82) is 0 Å². The molecule has 0 aromatic carbocycles. The van der Waals surface area contributed by atoms with Gasteiger partial charge in [0.1, 0.15) is 5.69 Å². The summed E-state index contributed by atoms with van der Waals surface area (Å²) in [4.78, 5) is 27.9. The molecule has 138 valence electrons. The van der Waals surface area contributed by atoms with Crippen molar-refractivity contribution in [3.63, 3.8) is 0 Å². The van der Waals surface area contributed by atoms with E-state index in [1.165, 1.54) is 0 Å². The van der Waals surface area contributed by atoms with Gasteiger partial charge in [-0.05, 0) is 56.1 Å². The first-order valence-electron chi connectivity index (χ1n) is 8.85. The molecule has 0 saturated heterocycles. The Labute approximate surface area is 162 Å². The van der Waals surface area contributed by atoms with E-state index < -0.39 is 0 Å². The zero-order valence-corrected chi connectivity index (χ0v) is 16.2. The second kappa shape index (κ2) is 6.78. The molecular formula is C20H20ClN5O. The Morgan fingerprint density at radius 2 is 2.07 bits per heavy atom. The molecule has 0 radical (unpaired) electrons. The van der Waals surface area contributed by atoms with Crippen LogP contribution >= 0.6 is 11.6 Å². The van der Waals surface area contributed by atoms with Crippen LogP contribution in [-0.4, -0.2) is 36.4 Å². The fourth-order valence-electron chi connectivity index (χ4n) is 3.50. The summed E-state index contributed by atoms with van der Waals surface area (Å²) in [6.45, 7) is 7.18. The highest BCUT2D eigenvalue weighted by Crippen LogP contribution is 2.28. The summed E-state index contributed by atoms with van der Waals surface area (Å²) in [5.74, 6) is 0.00103. The number of nitrogens with zero attached hydrogens (tertiary/aromatic N) is 5. The SMILES string of the molecule is Cc1cccc(CN2C(=O)c3cc(-c4nc(Cl)ncc4C)cn3C[C@H]2C)n1. The van der Waals surface area contributed by atoms with Crippen LogP contribution in [0.2, 0.25) is 5.28 Å². The van der Waals surface area contributed by atoms with Crippen LogP contribution in [0.25, 0.3) is 11.3 Å². The highest BCUT2D eigenvalue weighted by molar-refractivity contribution is 6.28. The molecule has 0 unspecified atom stereocenters. The molecule has 3 aromatic rings. The van der Waals surface area contributed by atoms with Gasteiger partial charge in [0, 0.05) is 36.2 Å². The summed E-state index contributed by atoms with van der Waals surface area (Å²) in [6, 6.07) is 7.84. The zero-order valence-electron chi connectivity index (χ0n) is 15.5. The third kappa shape index (κ3) is 3.32. The van der Waals surface area contributed by atoms with E-state index in [1.54, 1.807) is 6.20 Å². The van der Waals surface area contributed by atoms with Gasteiger partial charge >= 0.3 is 0 Å². The van der Waals surface area contributed by atoms with Crippen molar-refractivity contribution < 1.29 is 4.79 Å². The van der Waals surface area contributed by atoms with Crippen LogP contribution in [0.3, 0.4) is 0 Å². The Balaban J connectivity index is 1.67. The number of carbonyl (C=O) groups is 1. The topological polar surface area (TPSA) is 63.9 Å². The third-order valence-corrected chi connectivity index (χ3v) is 5.05. The first-order chi connectivity index (χ1) is 12.9. The first-order valence-corrected chi connectivity index (χ1v) is 9.23. The number of carbonyl (C=O) groups excluding carboxylic acids is 1. The third-order valence-electron chi connectivity index (χ3n) is 4.86. The number of rotatable bonds is 3. The van der Waals surface area contributed by atoms with E-state index in [2.05, 4.69) is 21.9 Å². The summed E-state index contributed by atoms with van der Waals surface area (Å²) >= 11 is 5.96. The summed E-state index contributed by atoms with van der Waals surface area (Å²) in [6.07, 6.45) is 3.67. The molecule has 0 N–H and O–H groups in total. The maximum Gasteiger partial charge on any atom is 0.271 e. The number of hydrogen-bond donors (Lipinski definition) is 0. The van der Waals surface area contributed by atoms with Crippen molar-refractivity contribution >= 4 is 17.5 Å². The van der Waals surface area contributed by atoms with E-state index in [9.17, 15) is 4.79 Å². The smallest absolute Gasteiger partial charge is 0.271 e. The molecule has 0 bridgehead atoms. The molecule has 0 spiro atoms. The van der Waals surface area contributed by atoms with E-state index in [1.807, 2.05) is 53.8 Å². The standard InChI is InChI=1S/C20H20ClN5O/c1-12-8-22-20(21)24-18(12)15-7-17-19(27)26(14(3)9-25(17)10-15)11-16-6-4-5-13(2)23-16/h4-8,10,14H,9,11H2,1-3H3/t14-/m1/s1. The van der Waals surface area contributed by atoms with Gasteiger partial charge < -0.3 is 9.47 Å². The van der Waals surface area contributed by atoms with Crippen molar-refractivity contribution in [3.05, 3.63) is 64.6 Å². The minimum absolute atomic E-state index is 0.00103. The number of aryl methyl sites for hydroxylation is 2. The van der Waals surface area contributed by atoms with E-state index in [0.29, 0.717) is 12.2 Å². The maximum atomic E-state index is 13.1. The van der Waals surface area contributed by atoms with Crippen molar-refractivity contribution in [2.24, 2.45) is 0 Å². The molecule has 7 heteroatoms. The number of aromatic nitrogens is 4. The normalized spacial score (nSPS) is 16.5. The van der Waals surface area contributed by atoms with Gasteiger partial charge in [-0.25, -0.2) is 9.97 Å². The second-order valence-electron chi connectivity index (χ2n) is 6.99. The fourth-order valence-corrected chi connectivity index (χ4v) is 3.64. The molecule has 1 aliphatic heterocycles. The Hall–Kier alpha value is -2.73. The lowest BCUT2D eigenvalue weighted by Gasteiger charge is -2.34. The molecule has 4 rings (SSSR count). The molecule has 27 heavy (non-hydrogen) atoms. The monoisotopic (exact) mass is 381 g/mol. The first kappa shape index (κ1) is 17.7. The quantitative estimate of drug-likeness (QED) is 0.649. The predicted octanol–water partition coefficient (Wildman–Crippen LogP) is 3.65. The molecule has 3 aromatic heterocycles. The summed E-state index contributed by atoms with van der Waals surface area (Å²) in [7, 11) is 0. The van der Waals surface area contributed by atoms with E-state index in [4.69, 9.17) is 11.6 Å². The van der Waals surface area contributed by atoms with Crippen LogP contribution in [0, 0.1) is 13.8 Å². The van der Waals surface area contributed by atoms with Gasteiger partial charge in [-0.2, -0.15) is 0 Å². The Bertz CT molecular complexity index is 1030. The van der Waals surface area contributed by atoms with Crippen molar-refractivity contribution in [2.75, 3.05) is 0 Å². The molecule has 0 aliphatic carbocycles. The molecule has 0 fully saturated rings. The van der Waals surface area contributed by atoms with Crippen molar-refractivity contribution in [1.82, 2.24) is 24.4 Å². The van der Waals surface area contributed by atoms with Gasteiger partial charge in [0.15, 0.2) is 0 Å². The number of halogens is 1. The lowest BCUT2D eigenvalue weighted by atomic mass is 10.1. The van der Waals surface area contributed by atoms with E-state index in [0.717, 1.165) is 34.8 Å². The number of hydrogen-bond acceptors (Lipinski definition) is 4. The van der Waals surface area contributed by atoms with Crippen molar-refractivity contribution in [3.8, 4) is 11.3 Å². The number of amides is 1. The highest BCUT2D eigenvalue weighted by atomic mass is 35.5. The molecule has 1 aliphatic rings. The van der Waals surface area contributed by atoms with Gasteiger partial charge in [-0.1, -0.05) is 6.07 Å². The predicted molar refractivity (Wildman–Crippen MR) is 104 cm³/mol. The van der Waals surface area contributed by atoms with Gasteiger partial charge in [0.2, 0.25) is 5.28 Å². The Kier molecular flexibility index (Phi) is 4.44. The molecule has 0 saturated carbocycles. The van der Waals surface area contributed by atoms with Crippen LogP contribution in [0.4, 0.5) is 0 Å². The zero-order chi connectivity index (χ0) is 19.1. The van der Waals surface area contributed by atoms with Gasteiger partial charge in [0.25, 0.3) is 5.91 Å². The molecular weight excluding hydrogens is 362 g/mol. The number of pyridine rings is 1. The molecule has 1 atom stereocenters. The fraction of sp³-hybridized carbons (Fsp3) is 0.300. The summed E-state index contributed by atoms with van der Waals surface area (Å²) in [5.41, 5.74) is 5.06. The second-order valence-corrected chi connectivity index (χ2v) is 7.33. The Morgan fingerprint density at radius 3 is 2.85 bits per heavy atom. The molecule has 6 nitrogen and oxygen atoms in total. The van der Waals surface area contributed by atoms with Gasteiger partial charge in [-0.3, -0.25) is 9.78 Å². The van der Waals surface area contributed by atoms with E-state index >= 15 is 0 Å². The average Bonchev–Trinajstić information content (AvgIpc) is 3.04. The number of fused-ring (bicyclic) bond motifs is 1. The molecule has 1 amide bonds. The van der Waals surface area contributed by atoms with Gasteiger partial charge in [-0.15, -0.1) is 0 Å². The van der Waals surface area contributed by atoms with Crippen LogP contribution in [0.15, 0.2) is 36.7 Å². The average molecular weight is 382 g/mol. The summed E-state index contributed by atoms with van der Waals surface area (Å²) in [5, 5.41) is 0.201. The lowest BCUT2D eigenvalue weighted by molar-refractivity contribution is 0.0592. The van der Waals surface area contributed by atoms with Crippen LogP contribution in [0.1, 0.15) is 34.4 Å².